The molecule has 1 amide bonds. The van der Waals surface area contributed by atoms with Crippen molar-refractivity contribution in [1.82, 2.24) is 5.32 Å². The summed E-state index contributed by atoms with van der Waals surface area (Å²) < 4.78 is 22.9. The Hall–Kier alpha value is -1.79. The summed E-state index contributed by atoms with van der Waals surface area (Å²) in [6.07, 6.45) is 74.1. The molecular formula is C84H159NO13. The van der Waals surface area contributed by atoms with Gasteiger partial charge in [0.2, 0.25) is 5.91 Å². The van der Waals surface area contributed by atoms with E-state index in [0.29, 0.717) is 12.8 Å². The molecule has 9 N–H and O–H groups in total. The Kier molecular flexibility index (Phi) is 64.3. The maximum absolute atomic E-state index is 13.4. The van der Waals surface area contributed by atoms with Crippen molar-refractivity contribution >= 4 is 5.91 Å². The van der Waals surface area contributed by atoms with Crippen LogP contribution in [0.1, 0.15) is 399 Å². The Labute approximate surface area is 601 Å². The SMILES string of the molecule is CCCCCCCCCCCCCCCCC/C=C/CC/C=C/CC/C=C/C(O)C(COC1OC(CO)C(OC2OC(CO)C(O)C(O)C2O)C(O)C1O)NC(=O)CCCCCCCCCCCCCCCCCCCCCCCCCCCCCCCCCCCCCCCCC. The molecule has 0 aromatic heterocycles. The molecule has 2 fully saturated rings. The molecule has 2 saturated heterocycles. The average Bonchev–Trinajstić information content (AvgIpc) is 0.793. The van der Waals surface area contributed by atoms with Gasteiger partial charge in [-0.15, -0.1) is 0 Å². The van der Waals surface area contributed by atoms with Gasteiger partial charge in [-0.2, -0.15) is 0 Å². The summed E-state index contributed by atoms with van der Waals surface area (Å²) in [5, 5.41) is 87.7. The Morgan fingerprint density at radius 3 is 1.00 bits per heavy atom. The van der Waals surface area contributed by atoms with Crippen LogP contribution < -0.4 is 5.32 Å². The molecule has 98 heavy (non-hydrogen) atoms. The number of aliphatic hydroxyl groups excluding tert-OH is 8. The van der Waals surface area contributed by atoms with Gasteiger partial charge in [0.05, 0.1) is 32.0 Å². The van der Waals surface area contributed by atoms with Gasteiger partial charge in [-0.05, 0) is 44.9 Å². The number of carbonyl (C=O) groups excluding carboxylic acids is 1. The van der Waals surface area contributed by atoms with E-state index < -0.39 is 86.8 Å². The monoisotopic (exact) mass is 1390 g/mol. The average molecular weight is 1390 g/mol. The molecule has 14 heteroatoms. The minimum absolute atomic E-state index is 0.245. The van der Waals surface area contributed by atoms with Crippen molar-refractivity contribution in [1.29, 1.82) is 0 Å². The van der Waals surface area contributed by atoms with Gasteiger partial charge < -0.3 is 65.1 Å². The summed E-state index contributed by atoms with van der Waals surface area (Å²) >= 11 is 0. The number of aliphatic hydroxyl groups is 8. The minimum atomic E-state index is -1.79. The van der Waals surface area contributed by atoms with Gasteiger partial charge in [0, 0.05) is 6.42 Å². The van der Waals surface area contributed by atoms with Gasteiger partial charge in [0.1, 0.15) is 48.8 Å². The smallest absolute Gasteiger partial charge is 0.220 e. The van der Waals surface area contributed by atoms with Gasteiger partial charge in [0.15, 0.2) is 12.6 Å². The normalized spacial score (nSPS) is 22.1. The third kappa shape index (κ3) is 50.6. The standard InChI is InChI=1S/C84H159NO13/c1-3-5-7-9-11-13-15-17-19-21-23-25-27-29-30-31-32-33-34-35-36-37-38-39-40-41-42-44-46-48-50-52-54-56-58-60-62-64-66-68-76(89)85-72(71-95-83-81(94)79(92)82(75(70-87)97-83)98-84-80(93)78(91)77(90)74(69-86)96-84)73(88)67-65-63-61-59-57-55-53-51-49-47-45-43-28-26-24-22-20-18-16-14-12-10-8-6-4-2/h49,51,57,59,65,67,72-75,77-84,86-88,90-94H,3-48,50,52-56,58,60-64,66,68-71H2,1-2H3,(H,85,89)/b51-49+,59-57+,67-65+. The highest BCUT2D eigenvalue weighted by Gasteiger charge is 2.51. The third-order valence-corrected chi connectivity index (χ3v) is 20.8. The molecule has 0 aromatic carbocycles. The van der Waals surface area contributed by atoms with Crippen molar-refractivity contribution in [3.63, 3.8) is 0 Å². The van der Waals surface area contributed by atoms with Crippen LogP contribution in [0, 0.1) is 0 Å². The maximum Gasteiger partial charge on any atom is 0.220 e. The summed E-state index contributed by atoms with van der Waals surface area (Å²) in [4.78, 5) is 13.4. The Morgan fingerprint density at radius 1 is 0.357 bits per heavy atom. The number of nitrogens with one attached hydrogen (secondary N) is 1. The lowest BCUT2D eigenvalue weighted by molar-refractivity contribution is -0.359. The molecule has 0 spiro atoms. The van der Waals surface area contributed by atoms with Crippen LogP contribution in [-0.4, -0.2) is 140 Å². The van der Waals surface area contributed by atoms with Crippen LogP contribution in [0.25, 0.3) is 0 Å². The van der Waals surface area contributed by atoms with Crippen molar-refractivity contribution < 1.29 is 64.6 Å². The van der Waals surface area contributed by atoms with Gasteiger partial charge >= 0.3 is 0 Å². The molecule has 12 unspecified atom stereocenters. The van der Waals surface area contributed by atoms with Crippen molar-refractivity contribution in [3.05, 3.63) is 36.5 Å². The number of amides is 1. The van der Waals surface area contributed by atoms with Crippen LogP contribution in [0.15, 0.2) is 36.5 Å². The van der Waals surface area contributed by atoms with Gasteiger partial charge in [-0.25, -0.2) is 0 Å². The van der Waals surface area contributed by atoms with Crippen molar-refractivity contribution in [2.24, 2.45) is 0 Å². The Bertz CT molecular complexity index is 1780. The maximum atomic E-state index is 13.4. The second kappa shape index (κ2) is 68.3. The number of carbonyl (C=O) groups is 1. The van der Waals surface area contributed by atoms with Crippen LogP contribution in [0.5, 0.6) is 0 Å². The van der Waals surface area contributed by atoms with Crippen LogP contribution >= 0.6 is 0 Å². The van der Waals surface area contributed by atoms with Gasteiger partial charge in [-0.3, -0.25) is 4.79 Å². The van der Waals surface area contributed by atoms with E-state index in [9.17, 15) is 45.6 Å². The van der Waals surface area contributed by atoms with Crippen LogP contribution in [-0.2, 0) is 23.7 Å². The van der Waals surface area contributed by atoms with Crippen LogP contribution in [0.2, 0.25) is 0 Å². The van der Waals surface area contributed by atoms with E-state index in [2.05, 4.69) is 43.5 Å². The first-order valence-corrected chi connectivity index (χ1v) is 42.2. The molecule has 0 aromatic rings. The number of unbranched alkanes of at least 4 members (excludes halogenated alkanes) is 55. The molecule has 0 aliphatic carbocycles. The second-order valence-electron chi connectivity index (χ2n) is 30.0. The largest absolute Gasteiger partial charge is 0.394 e. The summed E-state index contributed by atoms with van der Waals surface area (Å²) in [5.41, 5.74) is 0. The van der Waals surface area contributed by atoms with Crippen LogP contribution in [0.3, 0.4) is 0 Å². The zero-order valence-electron chi connectivity index (χ0n) is 63.6. The van der Waals surface area contributed by atoms with E-state index in [0.717, 1.165) is 44.9 Å². The summed E-state index contributed by atoms with van der Waals surface area (Å²) in [7, 11) is 0. The zero-order chi connectivity index (χ0) is 70.8. The van der Waals surface area contributed by atoms with E-state index in [-0.39, 0.29) is 18.9 Å². The molecule has 2 aliphatic rings. The molecule has 0 radical (unpaired) electrons. The van der Waals surface area contributed by atoms with E-state index in [4.69, 9.17) is 18.9 Å². The third-order valence-electron chi connectivity index (χ3n) is 20.8. The van der Waals surface area contributed by atoms with Crippen LogP contribution in [0.4, 0.5) is 0 Å². The van der Waals surface area contributed by atoms with E-state index >= 15 is 0 Å². The molecule has 2 rings (SSSR count). The molecule has 0 saturated carbocycles. The highest BCUT2D eigenvalue weighted by Crippen LogP contribution is 2.30. The molecule has 14 nitrogen and oxygen atoms in total. The Morgan fingerprint density at radius 2 is 0.653 bits per heavy atom. The fourth-order valence-corrected chi connectivity index (χ4v) is 14.2. The highest BCUT2D eigenvalue weighted by molar-refractivity contribution is 5.76. The summed E-state index contributed by atoms with van der Waals surface area (Å²) in [5.74, 6) is -0.245. The quantitative estimate of drug-likeness (QED) is 0.0204. The van der Waals surface area contributed by atoms with Gasteiger partial charge in [0.25, 0.3) is 0 Å². The summed E-state index contributed by atoms with van der Waals surface area (Å²) in [6.45, 7) is 2.84. The lowest BCUT2D eigenvalue weighted by Gasteiger charge is -2.46. The number of ether oxygens (including phenoxy) is 4. The molecule has 0 bridgehead atoms. The lowest BCUT2D eigenvalue weighted by Crippen LogP contribution is -2.65. The number of allylic oxidation sites excluding steroid dienone is 5. The molecule has 2 heterocycles. The van der Waals surface area contributed by atoms with Gasteiger partial charge in [-0.1, -0.05) is 384 Å². The number of rotatable bonds is 72. The predicted octanol–water partition coefficient (Wildman–Crippen LogP) is 19.6. The minimum Gasteiger partial charge on any atom is -0.394 e. The fourth-order valence-electron chi connectivity index (χ4n) is 14.2. The first-order chi connectivity index (χ1) is 48.1. The second-order valence-corrected chi connectivity index (χ2v) is 30.0. The lowest BCUT2D eigenvalue weighted by atomic mass is 9.97. The van der Waals surface area contributed by atoms with E-state index in [1.54, 1.807) is 6.08 Å². The van der Waals surface area contributed by atoms with Crippen molar-refractivity contribution in [2.45, 2.75) is 473 Å². The van der Waals surface area contributed by atoms with Crippen molar-refractivity contribution in [2.75, 3.05) is 19.8 Å². The fraction of sp³-hybridized carbons (Fsp3) is 0.917. The summed E-state index contributed by atoms with van der Waals surface area (Å²) in [6, 6.07) is -0.938. The predicted molar refractivity (Wildman–Crippen MR) is 406 cm³/mol. The molecule has 2 aliphatic heterocycles. The zero-order valence-corrected chi connectivity index (χ0v) is 63.6. The Balaban J connectivity index is 1.58. The first-order valence-electron chi connectivity index (χ1n) is 42.2. The van der Waals surface area contributed by atoms with E-state index in [1.165, 1.54) is 321 Å². The molecule has 12 atom stereocenters. The highest BCUT2D eigenvalue weighted by atomic mass is 16.7. The molecule has 578 valence electrons. The van der Waals surface area contributed by atoms with E-state index in [1.807, 2.05) is 6.08 Å². The van der Waals surface area contributed by atoms with Crippen molar-refractivity contribution in [3.8, 4) is 0 Å². The first kappa shape index (κ1) is 92.3. The molecular weight excluding hydrogens is 1230 g/mol. The number of hydrogen-bond donors (Lipinski definition) is 9. The topological polar surface area (TPSA) is 228 Å². The number of hydrogen-bond acceptors (Lipinski definition) is 13.